The SMILES string of the molecule is Fc1ccc(-c2nc(C(F)(F)F)c(Cl)n2Cc2ncc(Cl)cn2)cc1. The van der Waals surface area contributed by atoms with Crippen LogP contribution in [0.4, 0.5) is 17.6 Å². The second kappa shape index (κ2) is 6.61. The molecular weight excluding hydrogens is 383 g/mol. The maximum atomic E-state index is 13.1. The van der Waals surface area contributed by atoms with Crippen molar-refractivity contribution in [3.8, 4) is 11.4 Å². The van der Waals surface area contributed by atoms with Gasteiger partial charge in [-0.1, -0.05) is 23.2 Å². The fraction of sp³-hybridized carbons (Fsp3) is 0.133. The molecule has 10 heteroatoms. The number of benzene rings is 1. The van der Waals surface area contributed by atoms with E-state index >= 15 is 0 Å². The molecule has 25 heavy (non-hydrogen) atoms. The minimum atomic E-state index is -4.74. The standard InChI is InChI=1S/C15H8Cl2F4N4/c16-9-5-22-11(23-6-9)7-25-13(17)12(15(19,20)21)24-14(25)8-1-3-10(18)4-2-8/h1-6H,7H2. The van der Waals surface area contributed by atoms with Gasteiger partial charge in [0.25, 0.3) is 0 Å². The number of imidazole rings is 1. The Hall–Kier alpha value is -2.19. The Kier molecular flexibility index (Phi) is 4.66. The first-order valence-electron chi connectivity index (χ1n) is 6.81. The van der Waals surface area contributed by atoms with Gasteiger partial charge in [-0.3, -0.25) is 0 Å². The van der Waals surface area contributed by atoms with Gasteiger partial charge in [-0.25, -0.2) is 19.3 Å². The zero-order valence-corrected chi connectivity index (χ0v) is 13.7. The lowest BCUT2D eigenvalue weighted by Gasteiger charge is -2.09. The number of aromatic nitrogens is 4. The van der Waals surface area contributed by atoms with Crippen molar-refractivity contribution in [2.75, 3.05) is 0 Å². The van der Waals surface area contributed by atoms with Gasteiger partial charge in [-0.05, 0) is 24.3 Å². The van der Waals surface area contributed by atoms with E-state index in [1.807, 2.05) is 0 Å². The molecule has 0 N–H and O–H groups in total. The fourth-order valence-corrected chi connectivity index (χ4v) is 2.53. The molecule has 0 bridgehead atoms. The van der Waals surface area contributed by atoms with Gasteiger partial charge in [-0.15, -0.1) is 0 Å². The molecule has 0 unspecified atom stereocenters. The Balaban J connectivity index is 2.12. The van der Waals surface area contributed by atoms with Crippen LogP contribution in [0, 0.1) is 5.82 Å². The van der Waals surface area contributed by atoms with Crippen LogP contribution in [0.5, 0.6) is 0 Å². The normalized spacial score (nSPS) is 11.8. The van der Waals surface area contributed by atoms with Crippen molar-refractivity contribution in [3.05, 3.63) is 64.2 Å². The van der Waals surface area contributed by atoms with Crippen LogP contribution >= 0.6 is 23.2 Å². The second-order valence-corrected chi connectivity index (χ2v) is 5.78. The summed E-state index contributed by atoms with van der Waals surface area (Å²) in [6.07, 6.45) is -2.11. The molecule has 0 aliphatic carbocycles. The summed E-state index contributed by atoms with van der Waals surface area (Å²) in [5.41, 5.74) is -0.963. The van der Waals surface area contributed by atoms with Gasteiger partial charge in [0.2, 0.25) is 0 Å². The first-order chi connectivity index (χ1) is 11.8. The molecule has 4 nitrogen and oxygen atoms in total. The largest absolute Gasteiger partial charge is 0.436 e. The first kappa shape index (κ1) is 17.6. The zero-order valence-electron chi connectivity index (χ0n) is 12.2. The highest BCUT2D eigenvalue weighted by Crippen LogP contribution is 2.37. The summed E-state index contributed by atoms with van der Waals surface area (Å²) in [6.45, 7) is -0.161. The third-order valence-corrected chi connectivity index (χ3v) is 3.83. The predicted octanol–water partition coefficient (Wildman–Crippen LogP) is 4.85. The minimum absolute atomic E-state index is 0.0733. The maximum absolute atomic E-state index is 13.1. The number of rotatable bonds is 3. The molecule has 0 atom stereocenters. The number of nitrogens with zero attached hydrogens (tertiary/aromatic N) is 4. The Labute approximate surface area is 149 Å². The molecule has 130 valence electrons. The van der Waals surface area contributed by atoms with E-state index in [2.05, 4.69) is 15.0 Å². The predicted molar refractivity (Wildman–Crippen MR) is 83.8 cm³/mol. The molecule has 2 heterocycles. The Morgan fingerprint density at radius 3 is 2.16 bits per heavy atom. The van der Waals surface area contributed by atoms with E-state index < -0.39 is 22.8 Å². The maximum Gasteiger partial charge on any atom is 0.436 e. The summed E-state index contributed by atoms with van der Waals surface area (Å²) in [5, 5.41) is -0.319. The summed E-state index contributed by atoms with van der Waals surface area (Å²) in [4.78, 5) is 11.5. The highest BCUT2D eigenvalue weighted by molar-refractivity contribution is 6.30. The van der Waals surface area contributed by atoms with Crippen LogP contribution in [0.3, 0.4) is 0 Å². The molecule has 0 radical (unpaired) electrons. The Bertz CT molecular complexity index is 890. The summed E-state index contributed by atoms with van der Waals surface area (Å²) in [6, 6.07) is 4.86. The molecule has 0 saturated carbocycles. The lowest BCUT2D eigenvalue weighted by atomic mass is 10.2. The van der Waals surface area contributed by atoms with E-state index in [4.69, 9.17) is 23.2 Å². The van der Waals surface area contributed by atoms with E-state index in [-0.39, 0.29) is 28.8 Å². The van der Waals surface area contributed by atoms with Crippen molar-refractivity contribution in [1.29, 1.82) is 0 Å². The quantitative estimate of drug-likeness (QED) is 0.600. The number of alkyl halides is 3. The van der Waals surface area contributed by atoms with Gasteiger partial charge >= 0.3 is 6.18 Å². The van der Waals surface area contributed by atoms with E-state index in [1.54, 1.807) is 0 Å². The van der Waals surface area contributed by atoms with Crippen LogP contribution in [0.15, 0.2) is 36.7 Å². The van der Waals surface area contributed by atoms with Crippen molar-refractivity contribution >= 4 is 23.2 Å². The van der Waals surface area contributed by atoms with Gasteiger partial charge in [0.15, 0.2) is 5.69 Å². The summed E-state index contributed by atoms with van der Waals surface area (Å²) in [7, 11) is 0. The molecule has 0 aliphatic rings. The third-order valence-electron chi connectivity index (χ3n) is 3.25. The molecule has 3 rings (SSSR count). The Morgan fingerprint density at radius 1 is 1.00 bits per heavy atom. The highest BCUT2D eigenvalue weighted by Gasteiger charge is 2.39. The molecule has 0 aliphatic heterocycles. The van der Waals surface area contributed by atoms with Crippen molar-refractivity contribution in [2.24, 2.45) is 0 Å². The van der Waals surface area contributed by atoms with Crippen LogP contribution in [-0.4, -0.2) is 19.5 Å². The first-order valence-corrected chi connectivity index (χ1v) is 7.57. The van der Waals surface area contributed by atoms with Crippen LogP contribution < -0.4 is 0 Å². The summed E-state index contributed by atoms with van der Waals surface area (Å²) in [5.74, 6) is -0.401. The average molecular weight is 391 g/mol. The highest BCUT2D eigenvalue weighted by atomic mass is 35.5. The molecule has 0 amide bonds. The number of hydrogen-bond acceptors (Lipinski definition) is 3. The van der Waals surface area contributed by atoms with Crippen LogP contribution in [0.2, 0.25) is 10.2 Å². The molecule has 1 aromatic carbocycles. The smallest absolute Gasteiger partial charge is 0.307 e. The van der Waals surface area contributed by atoms with Gasteiger partial charge in [-0.2, -0.15) is 13.2 Å². The monoisotopic (exact) mass is 390 g/mol. The van der Waals surface area contributed by atoms with Crippen molar-refractivity contribution in [3.63, 3.8) is 0 Å². The number of halogens is 6. The van der Waals surface area contributed by atoms with Gasteiger partial charge in [0, 0.05) is 18.0 Å². The molecule has 0 spiro atoms. The molecule has 0 saturated heterocycles. The van der Waals surface area contributed by atoms with Crippen molar-refractivity contribution in [1.82, 2.24) is 19.5 Å². The zero-order chi connectivity index (χ0) is 18.2. The van der Waals surface area contributed by atoms with E-state index in [1.165, 1.54) is 24.5 Å². The topological polar surface area (TPSA) is 43.6 Å². The van der Waals surface area contributed by atoms with Crippen LogP contribution in [0.1, 0.15) is 11.5 Å². The number of hydrogen-bond donors (Lipinski definition) is 0. The van der Waals surface area contributed by atoms with E-state index in [0.29, 0.717) is 0 Å². The fourth-order valence-electron chi connectivity index (χ4n) is 2.14. The third kappa shape index (κ3) is 3.74. The lowest BCUT2D eigenvalue weighted by molar-refractivity contribution is -0.140. The van der Waals surface area contributed by atoms with Crippen molar-refractivity contribution in [2.45, 2.75) is 12.7 Å². The van der Waals surface area contributed by atoms with Gasteiger partial charge in [0.1, 0.15) is 22.6 Å². The lowest BCUT2D eigenvalue weighted by Crippen LogP contribution is -2.08. The summed E-state index contributed by atoms with van der Waals surface area (Å²) < 4.78 is 53.6. The molecule has 2 aromatic heterocycles. The summed E-state index contributed by atoms with van der Waals surface area (Å²) >= 11 is 11.6. The van der Waals surface area contributed by atoms with Gasteiger partial charge in [0.05, 0.1) is 11.6 Å². The second-order valence-electron chi connectivity index (χ2n) is 4.98. The van der Waals surface area contributed by atoms with E-state index in [9.17, 15) is 17.6 Å². The van der Waals surface area contributed by atoms with Crippen LogP contribution in [-0.2, 0) is 12.7 Å². The molecule has 0 fully saturated rings. The average Bonchev–Trinajstić information content (AvgIpc) is 2.87. The molecule has 3 aromatic rings. The van der Waals surface area contributed by atoms with Crippen LogP contribution in [0.25, 0.3) is 11.4 Å². The minimum Gasteiger partial charge on any atom is -0.307 e. The van der Waals surface area contributed by atoms with Gasteiger partial charge < -0.3 is 4.57 Å². The Morgan fingerprint density at radius 2 is 1.60 bits per heavy atom. The van der Waals surface area contributed by atoms with E-state index in [0.717, 1.165) is 16.7 Å². The van der Waals surface area contributed by atoms with Crippen molar-refractivity contribution < 1.29 is 17.6 Å². The molecular formula is C15H8Cl2F4N4.